The van der Waals surface area contributed by atoms with Crippen molar-refractivity contribution in [1.29, 1.82) is 0 Å². The van der Waals surface area contributed by atoms with Crippen LogP contribution in [-0.2, 0) is 11.3 Å². The first-order chi connectivity index (χ1) is 13.9. The molecule has 2 aromatic rings. The van der Waals surface area contributed by atoms with Crippen LogP contribution in [0.4, 0.5) is 0 Å². The molecule has 2 N–H and O–H groups in total. The van der Waals surface area contributed by atoms with Gasteiger partial charge >= 0.3 is 0 Å². The lowest BCUT2D eigenvalue weighted by atomic mass is 10.2. The van der Waals surface area contributed by atoms with Gasteiger partial charge in [0.15, 0.2) is 0 Å². The van der Waals surface area contributed by atoms with Crippen LogP contribution in [0.5, 0.6) is 17.2 Å². The van der Waals surface area contributed by atoms with E-state index in [0.717, 1.165) is 11.3 Å². The van der Waals surface area contributed by atoms with Crippen molar-refractivity contribution in [2.45, 2.75) is 19.9 Å². The standard InChI is InChI=1S/C21H25N3O5/c1-14(9-20(25)22-13-15-5-7-17(27-2)8-6-15)23-24-21(26)16-10-18(28-3)12-19(11-16)29-4/h5-8,10-12H,9,13H2,1-4H3,(H,22,25)(H,24,26)/b23-14-. The predicted octanol–water partition coefficient (Wildman–Crippen LogP) is 2.52. The van der Waals surface area contributed by atoms with Crippen LogP contribution in [0.2, 0.25) is 0 Å². The van der Waals surface area contributed by atoms with Gasteiger partial charge in [0.25, 0.3) is 5.91 Å². The Morgan fingerprint density at radius 3 is 2.03 bits per heavy atom. The fourth-order valence-corrected chi connectivity index (χ4v) is 2.43. The molecule has 0 spiro atoms. The number of amides is 2. The summed E-state index contributed by atoms with van der Waals surface area (Å²) < 4.78 is 15.4. The molecule has 0 aliphatic rings. The van der Waals surface area contributed by atoms with E-state index in [0.29, 0.717) is 29.3 Å². The number of nitrogens with one attached hydrogen (secondary N) is 2. The first-order valence-corrected chi connectivity index (χ1v) is 8.91. The zero-order chi connectivity index (χ0) is 21.2. The Bertz CT molecular complexity index is 856. The second-order valence-electron chi connectivity index (χ2n) is 6.19. The molecule has 0 aliphatic carbocycles. The molecule has 8 heteroatoms. The van der Waals surface area contributed by atoms with Gasteiger partial charge in [-0.15, -0.1) is 0 Å². The highest BCUT2D eigenvalue weighted by atomic mass is 16.5. The highest BCUT2D eigenvalue weighted by molar-refractivity contribution is 6.01. The minimum absolute atomic E-state index is 0.0673. The summed E-state index contributed by atoms with van der Waals surface area (Å²) in [7, 11) is 4.61. The topological polar surface area (TPSA) is 98.2 Å². The molecule has 0 heterocycles. The molecule has 0 saturated heterocycles. The van der Waals surface area contributed by atoms with E-state index >= 15 is 0 Å². The normalized spacial score (nSPS) is 10.8. The third kappa shape index (κ3) is 6.84. The van der Waals surface area contributed by atoms with E-state index in [-0.39, 0.29) is 12.3 Å². The van der Waals surface area contributed by atoms with E-state index < -0.39 is 5.91 Å². The summed E-state index contributed by atoms with van der Waals surface area (Å²) in [4.78, 5) is 24.4. The quantitative estimate of drug-likeness (QED) is 0.499. The fourth-order valence-electron chi connectivity index (χ4n) is 2.43. The van der Waals surface area contributed by atoms with Gasteiger partial charge in [-0.1, -0.05) is 12.1 Å². The van der Waals surface area contributed by atoms with Crippen LogP contribution in [0.25, 0.3) is 0 Å². The highest BCUT2D eigenvalue weighted by Gasteiger charge is 2.10. The molecule has 0 unspecified atom stereocenters. The molecular weight excluding hydrogens is 374 g/mol. The first kappa shape index (κ1) is 21.7. The molecule has 0 bridgehead atoms. The number of rotatable bonds is 9. The first-order valence-electron chi connectivity index (χ1n) is 8.91. The van der Waals surface area contributed by atoms with Gasteiger partial charge in [-0.05, 0) is 36.8 Å². The number of carbonyl (C=O) groups is 2. The molecule has 0 aromatic heterocycles. The maximum absolute atomic E-state index is 12.3. The Morgan fingerprint density at radius 2 is 1.48 bits per heavy atom. The number of benzene rings is 2. The third-order valence-electron chi connectivity index (χ3n) is 4.03. The molecule has 0 aliphatic heterocycles. The van der Waals surface area contributed by atoms with E-state index in [1.165, 1.54) is 14.2 Å². The van der Waals surface area contributed by atoms with Crippen LogP contribution in [0.15, 0.2) is 47.6 Å². The summed E-state index contributed by atoms with van der Waals surface area (Å²) in [5.74, 6) is 1.12. The summed E-state index contributed by atoms with van der Waals surface area (Å²) in [5.41, 5.74) is 4.20. The van der Waals surface area contributed by atoms with Gasteiger partial charge < -0.3 is 19.5 Å². The van der Waals surface area contributed by atoms with Gasteiger partial charge in [0, 0.05) is 23.9 Å². The van der Waals surface area contributed by atoms with Gasteiger partial charge in [-0.3, -0.25) is 9.59 Å². The molecule has 0 saturated carbocycles. The molecule has 2 amide bonds. The van der Waals surface area contributed by atoms with Gasteiger partial charge in [-0.25, -0.2) is 5.43 Å². The number of hydrogen-bond donors (Lipinski definition) is 2. The van der Waals surface area contributed by atoms with Crippen molar-refractivity contribution in [3.05, 3.63) is 53.6 Å². The minimum atomic E-state index is -0.430. The number of ether oxygens (including phenoxy) is 3. The van der Waals surface area contributed by atoms with Crippen molar-refractivity contribution < 1.29 is 23.8 Å². The fraction of sp³-hybridized carbons (Fsp3) is 0.286. The molecule has 0 fully saturated rings. The number of hydrazone groups is 1. The van der Waals surface area contributed by atoms with E-state index in [4.69, 9.17) is 14.2 Å². The second kappa shape index (κ2) is 10.7. The minimum Gasteiger partial charge on any atom is -0.497 e. The SMILES string of the molecule is COc1ccc(CNC(=O)C/C(C)=N\NC(=O)c2cc(OC)cc(OC)c2)cc1. The zero-order valence-electron chi connectivity index (χ0n) is 16.9. The molecule has 8 nitrogen and oxygen atoms in total. The van der Waals surface area contributed by atoms with Crippen LogP contribution >= 0.6 is 0 Å². The van der Waals surface area contributed by atoms with E-state index in [9.17, 15) is 9.59 Å². The van der Waals surface area contributed by atoms with Crippen molar-refractivity contribution in [1.82, 2.24) is 10.7 Å². The maximum atomic E-state index is 12.3. The van der Waals surface area contributed by atoms with Crippen molar-refractivity contribution >= 4 is 17.5 Å². The van der Waals surface area contributed by atoms with Crippen molar-refractivity contribution in [2.24, 2.45) is 5.10 Å². The van der Waals surface area contributed by atoms with Crippen molar-refractivity contribution in [3.8, 4) is 17.2 Å². The molecule has 29 heavy (non-hydrogen) atoms. The van der Waals surface area contributed by atoms with Crippen molar-refractivity contribution in [3.63, 3.8) is 0 Å². The average Bonchev–Trinajstić information content (AvgIpc) is 2.75. The lowest BCUT2D eigenvalue weighted by Crippen LogP contribution is -2.26. The Kier molecular flexibility index (Phi) is 8.02. The lowest BCUT2D eigenvalue weighted by molar-refractivity contribution is -0.120. The van der Waals surface area contributed by atoms with Gasteiger partial charge in [0.05, 0.1) is 27.8 Å². The van der Waals surface area contributed by atoms with Crippen LogP contribution in [0, 0.1) is 0 Å². The molecule has 2 rings (SSSR count). The van der Waals surface area contributed by atoms with Gasteiger partial charge in [0.1, 0.15) is 17.2 Å². The zero-order valence-corrected chi connectivity index (χ0v) is 16.9. The molecule has 154 valence electrons. The average molecular weight is 399 g/mol. The Morgan fingerprint density at radius 1 is 0.897 bits per heavy atom. The Labute approximate surface area is 169 Å². The molecule has 0 atom stereocenters. The van der Waals surface area contributed by atoms with Gasteiger partial charge in [0.2, 0.25) is 5.91 Å². The third-order valence-corrected chi connectivity index (χ3v) is 4.03. The molecular formula is C21H25N3O5. The monoisotopic (exact) mass is 399 g/mol. The predicted molar refractivity (Wildman–Crippen MR) is 110 cm³/mol. The van der Waals surface area contributed by atoms with E-state index in [2.05, 4.69) is 15.8 Å². The maximum Gasteiger partial charge on any atom is 0.271 e. The number of carbonyl (C=O) groups excluding carboxylic acids is 2. The Hall–Kier alpha value is -3.55. The highest BCUT2D eigenvalue weighted by Crippen LogP contribution is 2.22. The van der Waals surface area contributed by atoms with Crippen LogP contribution < -0.4 is 25.0 Å². The summed E-state index contributed by atoms with van der Waals surface area (Å²) >= 11 is 0. The summed E-state index contributed by atoms with van der Waals surface area (Å²) in [6, 6.07) is 12.2. The number of nitrogens with zero attached hydrogens (tertiary/aromatic N) is 1. The smallest absolute Gasteiger partial charge is 0.271 e. The largest absolute Gasteiger partial charge is 0.497 e. The van der Waals surface area contributed by atoms with Crippen molar-refractivity contribution in [2.75, 3.05) is 21.3 Å². The summed E-state index contributed by atoms with van der Waals surface area (Å²) in [5, 5.41) is 6.80. The van der Waals surface area contributed by atoms with Gasteiger partial charge in [-0.2, -0.15) is 5.10 Å². The molecule has 2 aromatic carbocycles. The van der Waals surface area contributed by atoms with Crippen LogP contribution in [0.3, 0.4) is 0 Å². The summed E-state index contributed by atoms with van der Waals surface area (Å²) in [6.07, 6.45) is 0.0673. The Balaban J connectivity index is 1.87. The number of methoxy groups -OCH3 is 3. The van der Waals surface area contributed by atoms with Crippen LogP contribution in [0.1, 0.15) is 29.3 Å². The van der Waals surface area contributed by atoms with E-state index in [1.54, 1.807) is 32.2 Å². The number of hydrogen-bond acceptors (Lipinski definition) is 6. The second-order valence-corrected chi connectivity index (χ2v) is 6.19. The summed E-state index contributed by atoms with van der Waals surface area (Å²) in [6.45, 7) is 2.06. The molecule has 0 radical (unpaired) electrons. The lowest BCUT2D eigenvalue weighted by Gasteiger charge is -2.08. The van der Waals surface area contributed by atoms with E-state index in [1.807, 2.05) is 24.3 Å². The van der Waals surface area contributed by atoms with Crippen LogP contribution in [-0.4, -0.2) is 38.9 Å².